The number of hydrogen-bond acceptors (Lipinski definition) is 1. The molecule has 0 aliphatic heterocycles. The third-order valence-electron chi connectivity index (χ3n) is 7.76. The largest absolute Gasteiger partial charge is 0.242 e. The van der Waals surface area contributed by atoms with Crippen molar-refractivity contribution in [3.8, 4) is 0 Å². The molecule has 0 aliphatic rings. The highest BCUT2D eigenvalue weighted by Gasteiger charge is 2.32. The van der Waals surface area contributed by atoms with E-state index in [2.05, 4.69) is 164 Å². The van der Waals surface area contributed by atoms with Crippen LogP contribution in [0.5, 0.6) is 0 Å². The van der Waals surface area contributed by atoms with Crippen molar-refractivity contribution in [2.75, 3.05) is 0 Å². The maximum Gasteiger partial charge on any atom is 0.0979 e. The Balaban J connectivity index is 2.07. The van der Waals surface area contributed by atoms with Gasteiger partial charge in [-0.25, -0.2) is 8.93 Å². The second-order valence-electron chi connectivity index (χ2n) is 13.1. The summed E-state index contributed by atoms with van der Waals surface area (Å²) in [7, 11) is -2.13. The first kappa shape index (κ1) is 32.3. The fourth-order valence-corrected chi connectivity index (χ4v) is 8.73. The van der Waals surface area contributed by atoms with E-state index < -0.39 is 23.7 Å². The van der Waals surface area contributed by atoms with Gasteiger partial charge in [-0.3, -0.25) is 0 Å². The Hall–Kier alpha value is -2.58. The third kappa shape index (κ3) is 7.31. The molecule has 4 heteroatoms. The van der Waals surface area contributed by atoms with E-state index in [9.17, 15) is 4.21 Å². The molecular formula is C38H48NOPS. The van der Waals surface area contributed by atoms with Crippen molar-refractivity contribution in [3.05, 3.63) is 125 Å². The minimum Gasteiger partial charge on any atom is -0.242 e. The van der Waals surface area contributed by atoms with Crippen LogP contribution in [0.1, 0.15) is 114 Å². The molecule has 0 saturated heterocycles. The van der Waals surface area contributed by atoms with Crippen LogP contribution in [0.15, 0.2) is 97.1 Å². The quantitative estimate of drug-likeness (QED) is 0.182. The van der Waals surface area contributed by atoms with Gasteiger partial charge in [-0.15, -0.1) is 0 Å². The predicted octanol–water partition coefficient (Wildman–Crippen LogP) is 8.96. The first-order valence-corrected chi connectivity index (χ1v) is 17.7. The van der Waals surface area contributed by atoms with Crippen LogP contribution >= 0.6 is 7.92 Å². The minimum absolute atomic E-state index is 0.227. The molecule has 4 aromatic carbocycles. The smallest absolute Gasteiger partial charge is 0.0979 e. The van der Waals surface area contributed by atoms with Gasteiger partial charge in [-0.05, 0) is 90.2 Å². The molecule has 2 nitrogen and oxygen atoms in total. The number of nitrogens with one attached hydrogen (secondary N) is 1. The Bertz CT molecular complexity index is 1420. The lowest BCUT2D eigenvalue weighted by molar-refractivity contribution is 0.619. The zero-order valence-corrected chi connectivity index (χ0v) is 28.5. The van der Waals surface area contributed by atoms with Crippen LogP contribution < -0.4 is 20.6 Å². The van der Waals surface area contributed by atoms with Crippen molar-refractivity contribution in [1.29, 1.82) is 0 Å². The minimum atomic E-state index is -1.28. The topological polar surface area (TPSA) is 29.1 Å². The average Bonchev–Trinajstić information content (AvgIpc) is 2.96. The summed E-state index contributed by atoms with van der Waals surface area (Å²) in [5.74, 6) is 1.07. The van der Waals surface area contributed by atoms with Crippen molar-refractivity contribution in [3.63, 3.8) is 0 Å². The summed E-state index contributed by atoms with van der Waals surface area (Å²) in [5, 5.41) is 3.92. The van der Waals surface area contributed by atoms with Crippen LogP contribution in [-0.2, 0) is 11.0 Å². The van der Waals surface area contributed by atoms with Crippen LogP contribution in [-0.4, -0.2) is 8.96 Å². The highest BCUT2D eigenvalue weighted by atomic mass is 32.2. The maximum absolute atomic E-state index is 14.0. The number of benzene rings is 4. The van der Waals surface area contributed by atoms with Gasteiger partial charge in [0.05, 0.1) is 21.8 Å². The number of rotatable bonds is 10. The molecule has 0 fully saturated rings. The molecule has 0 spiro atoms. The summed E-state index contributed by atoms with van der Waals surface area (Å²) in [5.41, 5.74) is 6.53. The van der Waals surface area contributed by atoms with Gasteiger partial charge in [-0.1, -0.05) is 139 Å². The molecule has 0 aromatic heterocycles. The van der Waals surface area contributed by atoms with E-state index in [1.165, 1.54) is 43.7 Å². The van der Waals surface area contributed by atoms with Crippen molar-refractivity contribution in [1.82, 2.24) is 4.72 Å². The molecule has 0 bridgehead atoms. The van der Waals surface area contributed by atoms with Crippen LogP contribution in [0.4, 0.5) is 0 Å². The first-order chi connectivity index (χ1) is 19.9. The van der Waals surface area contributed by atoms with Gasteiger partial charge < -0.3 is 0 Å². The Kier molecular flexibility index (Phi) is 10.6. The van der Waals surface area contributed by atoms with E-state index in [1.807, 2.05) is 0 Å². The lowest BCUT2D eigenvalue weighted by Crippen LogP contribution is -2.39. The fourth-order valence-electron chi connectivity index (χ4n) is 5.42. The first-order valence-electron chi connectivity index (χ1n) is 15.2. The highest BCUT2D eigenvalue weighted by Crippen LogP contribution is 2.42. The zero-order chi connectivity index (χ0) is 30.6. The Morgan fingerprint density at radius 1 is 0.619 bits per heavy atom. The molecule has 1 N–H and O–H groups in total. The second-order valence-corrected chi connectivity index (χ2v) is 17.3. The summed E-state index contributed by atoms with van der Waals surface area (Å²) in [6.07, 6.45) is 0. The van der Waals surface area contributed by atoms with Gasteiger partial charge >= 0.3 is 0 Å². The molecule has 222 valence electrons. The molecular weight excluding hydrogens is 549 g/mol. The van der Waals surface area contributed by atoms with E-state index in [1.54, 1.807) is 0 Å². The van der Waals surface area contributed by atoms with E-state index in [4.69, 9.17) is 0 Å². The Morgan fingerprint density at radius 2 is 1.07 bits per heavy atom. The van der Waals surface area contributed by atoms with Crippen molar-refractivity contribution >= 4 is 34.8 Å². The van der Waals surface area contributed by atoms with Gasteiger partial charge in [0, 0.05) is 0 Å². The van der Waals surface area contributed by atoms with Crippen molar-refractivity contribution < 1.29 is 4.21 Å². The van der Waals surface area contributed by atoms with Gasteiger partial charge in [0.15, 0.2) is 0 Å². The van der Waals surface area contributed by atoms with Crippen LogP contribution in [0, 0.1) is 0 Å². The maximum atomic E-state index is 14.0. The van der Waals surface area contributed by atoms with Gasteiger partial charge in [0.2, 0.25) is 0 Å². The Morgan fingerprint density at radius 3 is 1.50 bits per heavy atom. The van der Waals surface area contributed by atoms with Crippen LogP contribution in [0.2, 0.25) is 0 Å². The van der Waals surface area contributed by atoms with Crippen LogP contribution in [0.25, 0.3) is 0 Å². The molecule has 0 amide bonds. The van der Waals surface area contributed by atoms with E-state index in [0.29, 0.717) is 17.8 Å². The predicted molar refractivity (Wildman–Crippen MR) is 187 cm³/mol. The second kappa shape index (κ2) is 13.8. The monoisotopic (exact) mass is 597 g/mol. The van der Waals surface area contributed by atoms with Gasteiger partial charge in [0.1, 0.15) is 0 Å². The molecule has 2 atom stereocenters. The lowest BCUT2D eigenvalue weighted by atomic mass is 9.80. The lowest BCUT2D eigenvalue weighted by Gasteiger charge is -2.33. The molecule has 0 radical (unpaired) electrons. The van der Waals surface area contributed by atoms with E-state index in [-0.39, 0.29) is 6.04 Å². The molecule has 4 aromatic rings. The standard InChI is InChI=1S/C38H48NOPS/c1-26(2)29-24-33(27(3)4)36(34(25-29)28(5)6)37(39-42(40)38(7,8)9)32-22-16-17-23-35(32)41(30-18-12-10-13-19-30)31-20-14-11-15-21-31/h10-28,37,39H,1-9H3/t37-,42?/m0/s1. The van der Waals surface area contributed by atoms with Crippen molar-refractivity contribution in [2.45, 2.75) is 90.9 Å². The summed E-state index contributed by atoms with van der Waals surface area (Å²) >= 11 is 0. The van der Waals surface area contributed by atoms with Gasteiger partial charge in [-0.2, -0.15) is 0 Å². The van der Waals surface area contributed by atoms with Gasteiger partial charge in [0.25, 0.3) is 0 Å². The summed E-state index contributed by atoms with van der Waals surface area (Å²) < 4.78 is 17.3. The zero-order valence-electron chi connectivity index (χ0n) is 26.8. The van der Waals surface area contributed by atoms with E-state index in [0.717, 1.165) is 0 Å². The molecule has 42 heavy (non-hydrogen) atoms. The molecule has 0 heterocycles. The van der Waals surface area contributed by atoms with Crippen LogP contribution in [0.3, 0.4) is 0 Å². The normalized spacial score (nSPS) is 13.7. The Labute approximate surface area is 258 Å². The van der Waals surface area contributed by atoms with E-state index >= 15 is 0 Å². The SMILES string of the molecule is CC(C)c1cc(C(C)C)c([C@@H](NS(=O)C(C)(C)C)c2ccccc2P(c2ccccc2)c2ccccc2)c(C(C)C)c1. The third-order valence-corrected chi connectivity index (χ3v) is 11.8. The fraction of sp³-hybridized carbons (Fsp3) is 0.368. The number of hydrogen-bond donors (Lipinski definition) is 1. The highest BCUT2D eigenvalue weighted by molar-refractivity contribution is 7.84. The summed E-state index contributed by atoms with van der Waals surface area (Å²) in [6.45, 7) is 19.9. The van der Waals surface area contributed by atoms with Crippen molar-refractivity contribution in [2.24, 2.45) is 0 Å². The summed E-state index contributed by atoms with van der Waals surface area (Å²) in [4.78, 5) is 0. The summed E-state index contributed by atoms with van der Waals surface area (Å²) in [6, 6.07) is 35.2. The molecule has 4 rings (SSSR count). The molecule has 0 aliphatic carbocycles. The average molecular weight is 598 g/mol. The molecule has 1 unspecified atom stereocenters. The molecule has 0 saturated carbocycles.